The van der Waals surface area contributed by atoms with Gasteiger partial charge in [0.15, 0.2) is 6.23 Å². The number of fused-ring (bicyclic) bond motifs is 1. The first-order valence-corrected chi connectivity index (χ1v) is 5.89. The summed E-state index contributed by atoms with van der Waals surface area (Å²) in [4.78, 5) is 35.8. The maximum atomic E-state index is 11.8. The van der Waals surface area contributed by atoms with Gasteiger partial charge in [-0.1, -0.05) is 30.3 Å². The number of hydrogen-bond donors (Lipinski definition) is 0. The monoisotopic (exact) mass is 261 g/mol. The van der Waals surface area contributed by atoms with Gasteiger partial charge in [-0.05, 0) is 5.56 Å². The summed E-state index contributed by atoms with van der Waals surface area (Å²) in [6, 6.07) is 7.86. The van der Waals surface area contributed by atoms with Crippen LogP contribution in [0.4, 0.5) is 0 Å². The molecule has 2 heterocycles. The highest BCUT2D eigenvalue weighted by Crippen LogP contribution is 2.31. The number of hydrogen-bond acceptors (Lipinski definition) is 5. The Balaban J connectivity index is 1.64. The van der Waals surface area contributed by atoms with Crippen LogP contribution in [0, 0.1) is 0 Å². The molecular formula is C13H11NO5. The van der Waals surface area contributed by atoms with Gasteiger partial charge in [0.2, 0.25) is 11.9 Å². The summed E-state index contributed by atoms with van der Waals surface area (Å²) < 4.78 is 9.93. The molecule has 19 heavy (non-hydrogen) atoms. The molecule has 3 rings (SSSR count). The number of rotatable bonds is 3. The molecule has 98 valence electrons. The average molecular weight is 261 g/mol. The first-order valence-electron chi connectivity index (χ1n) is 5.89. The highest BCUT2D eigenvalue weighted by atomic mass is 16.6. The number of carbonyl (C=O) groups is 3. The Hall–Kier alpha value is -2.37. The number of esters is 2. The molecule has 1 aromatic carbocycles. The predicted octanol–water partition coefficient (Wildman–Crippen LogP) is 0.214. The highest BCUT2D eigenvalue weighted by Gasteiger charge is 2.56. The van der Waals surface area contributed by atoms with Crippen LogP contribution in [0.25, 0.3) is 0 Å². The van der Waals surface area contributed by atoms with E-state index >= 15 is 0 Å². The van der Waals surface area contributed by atoms with E-state index < -0.39 is 24.2 Å². The summed E-state index contributed by atoms with van der Waals surface area (Å²) in [5.74, 6) is -1.73. The minimum absolute atomic E-state index is 0.0656. The minimum atomic E-state index is -1.24. The summed E-state index contributed by atoms with van der Waals surface area (Å²) in [6.07, 6.45) is -0.442. The molecular weight excluding hydrogens is 250 g/mol. The Bertz CT molecular complexity index is 541. The molecule has 2 aliphatic rings. The lowest BCUT2D eigenvalue weighted by Crippen LogP contribution is -2.55. The molecule has 2 aliphatic heterocycles. The highest BCUT2D eigenvalue weighted by molar-refractivity contribution is 6.06. The number of amides is 1. The lowest BCUT2D eigenvalue weighted by molar-refractivity contribution is -0.166. The van der Waals surface area contributed by atoms with Crippen molar-refractivity contribution in [2.75, 3.05) is 0 Å². The van der Waals surface area contributed by atoms with Crippen molar-refractivity contribution < 1.29 is 23.9 Å². The van der Waals surface area contributed by atoms with E-state index in [9.17, 15) is 14.4 Å². The van der Waals surface area contributed by atoms with Crippen LogP contribution in [0.5, 0.6) is 0 Å². The van der Waals surface area contributed by atoms with Gasteiger partial charge in [0.05, 0.1) is 6.42 Å². The van der Waals surface area contributed by atoms with Gasteiger partial charge in [0.25, 0.3) is 0 Å². The topological polar surface area (TPSA) is 72.9 Å². The van der Waals surface area contributed by atoms with E-state index in [0.29, 0.717) is 0 Å². The minimum Gasteiger partial charge on any atom is -0.459 e. The Kier molecular flexibility index (Phi) is 2.70. The van der Waals surface area contributed by atoms with Crippen LogP contribution >= 0.6 is 0 Å². The van der Waals surface area contributed by atoms with E-state index in [4.69, 9.17) is 9.47 Å². The third-order valence-electron chi connectivity index (χ3n) is 3.15. The predicted molar refractivity (Wildman–Crippen MR) is 61.4 cm³/mol. The molecule has 1 amide bonds. The molecule has 2 atom stereocenters. The van der Waals surface area contributed by atoms with Gasteiger partial charge in [0.1, 0.15) is 6.61 Å². The van der Waals surface area contributed by atoms with Gasteiger partial charge in [-0.3, -0.25) is 9.69 Å². The third-order valence-corrected chi connectivity index (χ3v) is 3.15. The van der Waals surface area contributed by atoms with Crippen molar-refractivity contribution in [3.05, 3.63) is 35.9 Å². The lowest BCUT2D eigenvalue weighted by atomic mass is 10.1. The van der Waals surface area contributed by atoms with Crippen LogP contribution in [0.1, 0.15) is 12.0 Å². The molecule has 6 heteroatoms. The van der Waals surface area contributed by atoms with E-state index in [1.807, 2.05) is 18.2 Å². The molecule has 0 saturated carbocycles. The Morgan fingerprint density at radius 2 is 2.05 bits per heavy atom. The van der Waals surface area contributed by atoms with Crippen LogP contribution in [-0.4, -0.2) is 35.0 Å². The van der Waals surface area contributed by atoms with E-state index in [-0.39, 0.29) is 18.9 Å². The van der Waals surface area contributed by atoms with Gasteiger partial charge in [0, 0.05) is 0 Å². The molecule has 0 aromatic heterocycles. The number of nitrogens with zero attached hydrogens (tertiary/aromatic N) is 1. The first kappa shape index (κ1) is 11.7. The molecule has 0 aliphatic carbocycles. The molecule has 0 spiro atoms. The fraction of sp³-hybridized carbons (Fsp3) is 0.308. The van der Waals surface area contributed by atoms with E-state index in [1.165, 1.54) is 0 Å². The Labute approximate surface area is 108 Å². The van der Waals surface area contributed by atoms with E-state index in [0.717, 1.165) is 10.5 Å². The molecule has 1 aromatic rings. The second kappa shape index (κ2) is 4.38. The fourth-order valence-electron chi connectivity index (χ4n) is 2.14. The van der Waals surface area contributed by atoms with Crippen LogP contribution < -0.4 is 0 Å². The van der Waals surface area contributed by atoms with Gasteiger partial charge in [-0.25, -0.2) is 9.59 Å². The van der Waals surface area contributed by atoms with Crippen LogP contribution in [0.15, 0.2) is 30.3 Å². The van der Waals surface area contributed by atoms with E-state index in [1.54, 1.807) is 12.1 Å². The van der Waals surface area contributed by atoms with Crippen molar-refractivity contribution in [1.29, 1.82) is 0 Å². The maximum Gasteiger partial charge on any atom is 0.342 e. The summed E-state index contributed by atoms with van der Waals surface area (Å²) in [7, 11) is 0. The fourth-order valence-corrected chi connectivity index (χ4v) is 2.14. The average Bonchev–Trinajstić information content (AvgIpc) is 2.68. The Morgan fingerprint density at radius 3 is 2.74 bits per heavy atom. The van der Waals surface area contributed by atoms with Crippen LogP contribution in [0.2, 0.25) is 0 Å². The summed E-state index contributed by atoms with van der Waals surface area (Å²) in [5.41, 5.74) is 0.814. The molecule has 6 nitrogen and oxygen atoms in total. The summed E-state index contributed by atoms with van der Waals surface area (Å²) in [6.45, 7) is 0.0656. The second-order valence-electron chi connectivity index (χ2n) is 4.39. The summed E-state index contributed by atoms with van der Waals surface area (Å²) >= 11 is 0. The first-order chi connectivity index (χ1) is 9.16. The molecule has 2 fully saturated rings. The maximum absolute atomic E-state index is 11.8. The third kappa shape index (κ3) is 1.95. The van der Waals surface area contributed by atoms with Crippen molar-refractivity contribution in [3.8, 4) is 0 Å². The zero-order valence-corrected chi connectivity index (χ0v) is 9.94. The van der Waals surface area contributed by atoms with E-state index in [2.05, 4.69) is 0 Å². The lowest BCUT2D eigenvalue weighted by Gasteiger charge is -2.33. The molecule has 0 radical (unpaired) electrons. The normalized spacial score (nSPS) is 24.5. The van der Waals surface area contributed by atoms with Crippen molar-refractivity contribution in [2.45, 2.75) is 25.3 Å². The largest absolute Gasteiger partial charge is 0.459 e. The SMILES string of the molecule is O=C(OCc1ccccc1)[C@H]1C(=O)O[C@@H]2CC(=O)N12. The zero-order valence-electron chi connectivity index (χ0n) is 9.94. The van der Waals surface area contributed by atoms with Gasteiger partial charge >= 0.3 is 11.9 Å². The Morgan fingerprint density at radius 1 is 1.32 bits per heavy atom. The van der Waals surface area contributed by atoms with Crippen LogP contribution in [0.3, 0.4) is 0 Å². The van der Waals surface area contributed by atoms with Crippen molar-refractivity contribution in [1.82, 2.24) is 4.90 Å². The number of benzene rings is 1. The number of β-lactam (4-membered cyclic amide) rings is 1. The quantitative estimate of drug-likeness (QED) is 0.442. The molecule has 2 saturated heterocycles. The summed E-state index contributed by atoms with van der Waals surface area (Å²) in [5, 5.41) is 0. The van der Waals surface area contributed by atoms with Crippen molar-refractivity contribution in [2.24, 2.45) is 0 Å². The standard InChI is InChI=1S/C13H11NO5/c15-9-6-10-14(9)11(13(17)19-10)12(16)18-7-8-4-2-1-3-5-8/h1-5,10-11H,6-7H2/t10-,11+/m1/s1. The molecule has 0 bridgehead atoms. The van der Waals surface area contributed by atoms with Crippen molar-refractivity contribution >= 4 is 17.8 Å². The number of ether oxygens (including phenoxy) is 2. The molecule has 0 N–H and O–H groups in total. The molecule has 0 unspecified atom stereocenters. The second-order valence-corrected chi connectivity index (χ2v) is 4.39. The van der Waals surface area contributed by atoms with Crippen LogP contribution in [-0.2, 0) is 30.5 Å². The smallest absolute Gasteiger partial charge is 0.342 e. The van der Waals surface area contributed by atoms with Gasteiger partial charge in [-0.2, -0.15) is 0 Å². The van der Waals surface area contributed by atoms with Gasteiger partial charge in [-0.15, -0.1) is 0 Å². The number of carbonyl (C=O) groups excluding carboxylic acids is 3. The van der Waals surface area contributed by atoms with Crippen molar-refractivity contribution in [3.63, 3.8) is 0 Å². The van der Waals surface area contributed by atoms with Gasteiger partial charge < -0.3 is 9.47 Å². The zero-order chi connectivity index (χ0) is 13.4.